The number of benzene rings is 1. The number of aromatic nitrogens is 1. The minimum absolute atomic E-state index is 0.0991. The Morgan fingerprint density at radius 1 is 1.47 bits per heavy atom. The van der Waals surface area contributed by atoms with Crippen LogP contribution in [-0.2, 0) is 11.2 Å². The molecular formula is C13H14BrN3OS. The van der Waals surface area contributed by atoms with Crippen molar-refractivity contribution >= 4 is 44.0 Å². The molecule has 4 nitrogen and oxygen atoms in total. The average Bonchev–Trinajstić information content (AvgIpc) is 2.69. The largest absolute Gasteiger partial charge is 0.375 e. The number of carbonyl (C=O) groups excluding carboxylic acids is 1. The molecule has 1 aromatic carbocycles. The SMILES string of the molecule is Cc1cc(C)c(NC(=O)Cc2csc(N)n2)c(Br)c1. The standard InChI is InChI=1S/C13H14BrN3OS/c1-7-3-8(2)12(10(14)4-7)17-11(18)5-9-6-19-13(15)16-9/h3-4,6H,5H2,1-2H3,(H2,15,16)(H,17,18). The van der Waals surface area contributed by atoms with E-state index in [1.165, 1.54) is 11.3 Å². The maximum atomic E-state index is 12.0. The number of carbonyl (C=O) groups is 1. The van der Waals surface area contributed by atoms with E-state index in [2.05, 4.69) is 26.2 Å². The van der Waals surface area contributed by atoms with Gasteiger partial charge >= 0.3 is 0 Å². The van der Waals surface area contributed by atoms with Gasteiger partial charge in [-0.15, -0.1) is 11.3 Å². The molecule has 0 saturated carbocycles. The van der Waals surface area contributed by atoms with Crippen LogP contribution in [0.1, 0.15) is 16.8 Å². The summed E-state index contributed by atoms with van der Waals surface area (Å²) < 4.78 is 0.885. The van der Waals surface area contributed by atoms with Gasteiger partial charge in [-0.3, -0.25) is 4.79 Å². The highest BCUT2D eigenvalue weighted by Crippen LogP contribution is 2.28. The Labute approximate surface area is 124 Å². The number of rotatable bonds is 3. The monoisotopic (exact) mass is 339 g/mol. The number of thiazole rings is 1. The molecule has 6 heteroatoms. The topological polar surface area (TPSA) is 68.0 Å². The number of anilines is 2. The highest BCUT2D eigenvalue weighted by Gasteiger charge is 2.11. The molecule has 1 heterocycles. The third-order valence-corrected chi connectivity index (χ3v) is 3.96. The second kappa shape index (κ2) is 5.71. The Balaban J connectivity index is 2.11. The Bertz CT molecular complexity index is 601. The van der Waals surface area contributed by atoms with Gasteiger partial charge in [-0.25, -0.2) is 4.98 Å². The van der Waals surface area contributed by atoms with Gasteiger partial charge in [0.05, 0.1) is 17.8 Å². The Morgan fingerprint density at radius 3 is 2.79 bits per heavy atom. The predicted molar refractivity (Wildman–Crippen MR) is 82.5 cm³/mol. The van der Waals surface area contributed by atoms with Crippen LogP contribution in [-0.4, -0.2) is 10.9 Å². The van der Waals surface area contributed by atoms with Gasteiger partial charge in [0.1, 0.15) is 0 Å². The Hall–Kier alpha value is -1.40. The van der Waals surface area contributed by atoms with E-state index in [1.54, 1.807) is 5.38 Å². The molecule has 0 atom stereocenters. The van der Waals surface area contributed by atoms with Crippen molar-refractivity contribution in [2.75, 3.05) is 11.1 Å². The van der Waals surface area contributed by atoms with Crippen molar-refractivity contribution < 1.29 is 4.79 Å². The van der Waals surface area contributed by atoms with Crippen molar-refractivity contribution in [3.63, 3.8) is 0 Å². The zero-order valence-electron chi connectivity index (χ0n) is 10.7. The van der Waals surface area contributed by atoms with E-state index in [0.717, 1.165) is 21.3 Å². The van der Waals surface area contributed by atoms with Crippen LogP contribution >= 0.6 is 27.3 Å². The molecule has 0 aliphatic rings. The van der Waals surface area contributed by atoms with Gasteiger partial charge in [0.15, 0.2) is 5.13 Å². The van der Waals surface area contributed by atoms with Crippen LogP contribution in [0.4, 0.5) is 10.8 Å². The molecular weight excluding hydrogens is 326 g/mol. The number of amides is 1. The van der Waals surface area contributed by atoms with Gasteiger partial charge in [-0.1, -0.05) is 6.07 Å². The molecule has 0 bridgehead atoms. The van der Waals surface area contributed by atoms with Crippen LogP contribution in [0.25, 0.3) is 0 Å². The molecule has 0 saturated heterocycles. The van der Waals surface area contributed by atoms with Crippen LogP contribution in [0.5, 0.6) is 0 Å². The van der Waals surface area contributed by atoms with Gasteiger partial charge in [-0.05, 0) is 47.0 Å². The first-order valence-electron chi connectivity index (χ1n) is 5.72. The summed E-state index contributed by atoms with van der Waals surface area (Å²) in [5.41, 5.74) is 9.21. The van der Waals surface area contributed by atoms with E-state index >= 15 is 0 Å². The number of nitrogen functional groups attached to an aromatic ring is 1. The highest BCUT2D eigenvalue weighted by molar-refractivity contribution is 9.10. The van der Waals surface area contributed by atoms with E-state index in [4.69, 9.17) is 5.73 Å². The lowest BCUT2D eigenvalue weighted by molar-refractivity contribution is -0.115. The first-order chi connectivity index (χ1) is 8.95. The van der Waals surface area contributed by atoms with Gasteiger partial charge in [0.2, 0.25) is 5.91 Å². The lowest BCUT2D eigenvalue weighted by Gasteiger charge is -2.11. The fourth-order valence-corrected chi connectivity index (χ4v) is 3.16. The minimum Gasteiger partial charge on any atom is -0.375 e. The summed E-state index contributed by atoms with van der Waals surface area (Å²) in [6.45, 7) is 3.98. The summed E-state index contributed by atoms with van der Waals surface area (Å²) in [6.07, 6.45) is 0.230. The molecule has 3 N–H and O–H groups in total. The number of nitrogens with one attached hydrogen (secondary N) is 1. The van der Waals surface area contributed by atoms with Gasteiger partial charge in [-0.2, -0.15) is 0 Å². The van der Waals surface area contributed by atoms with Crippen LogP contribution in [0.3, 0.4) is 0 Å². The third kappa shape index (κ3) is 3.54. The van der Waals surface area contributed by atoms with Crippen molar-refractivity contribution in [2.24, 2.45) is 0 Å². The fourth-order valence-electron chi connectivity index (χ4n) is 1.83. The zero-order valence-corrected chi connectivity index (χ0v) is 13.1. The smallest absolute Gasteiger partial charge is 0.230 e. The van der Waals surface area contributed by atoms with Crippen molar-refractivity contribution in [3.05, 3.63) is 38.8 Å². The number of hydrogen-bond acceptors (Lipinski definition) is 4. The first-order valence-corrected chi connectivity index (χ1v) is 7.39. The second-order valence-corrected chi connectivity index (χ2v) is 6.08. The number of halogens is 1. The normalized spacial score (nSPS) is 10.5. The molecule has 1 amide bonds. The molecule has 0 radical (unpaired) electrons. The maximum Gasteiger partial charge on any atom is 0.230 e. The Morgan fingerprint density at radius 2 is 2.21 bits per heavy atom. The molecule has 0 aliphatic carbocycles. The van der Waals surface area contributed by atoms with Crippen LogP contribution in [0.15, 0.2) is 22.0 Å². The molecule has 100 valence electrons. The highest BCUT2D eigenvalue weighted by atomic mass is 79.9. The second-order valence-electron chi connectivity index (χ2n) is 4.34. The van der Waals surface area contributed by atoms with E-state index < -0.39 is 0 Å². The number of nitrogens with zero attached hydrogens (tertiary/aromatic N) is 1. The van der Waals surface area contributed by atoms with Crippen molar-refractivity contribution in [2.45, 2.75) is 20.3 Å². The Kier molecular flexibility index (Phi) is 4.21. The number of nitrogens with two attached hydrogens (primary N) is 1. The van der Waals surface area contributed by atoms with Gasteiger partial charge in [0, 0.05) is 9.85 Å². The summed E-state index contributed by atoms with van der Waals surface area (Å²) in [4.78, 5) is 16.0. The predicted octanol–water partition coefficient (Wildman–Crippen LogP) is 3.29. The van der Waals surface area contributed by atoms with Gasteiger partial charge in [0.25, 0.3) is 0 Å². The van der Waals surface area contributed by atoms with Gasteiger partial charge < -0.3 is 11.1 Å². The third-order valence-electron chi connectivity index (χ3n) is 2.61. The quantitative estimate of drug-likeness (QED) is 0.901. The summed E-state index contributed by atoms with van der Waals surface area (Å²) in [5, 5.41) is 5.18. The minimum atomic E-state index is -0.0991. The molecule has 2 aromatic rings. The summed E-state index contributed by atoms with van der Waals surface area (Å²) in [5.74, 6) is -0.0991. The lowest BCUT2D eigenvalue weighted by Crippen LogP contribution is -2.16. The maximum absolute atomic E-state index is 12.0. The summed E-state index contributed by atoms with van der Waals surface area (Å²) >= 11 is 4.81. The zero-order chi connectivity index (χ0) is 14.0. The molecule has 0 fully saturated rings. The van der Waals surface area contributed by atoms with E-state index in [9.17, 15) is 4.79 Å². The average molecular weight is 340 g/mol. The molecule has 0 spiro atoms. The number of hydrogen-bond donors (Lipinski definition) is 2. The van der Waals surface area contributed by atoms with Crippen molar-refractivity contribution in [3.8, 4) is 0 Å². The van der Waals surface area contributed by atoms with E-state index in [1.807, 2.05) is 26.0 Å². The molecule has 2 rings (SSSR count). The van der Waals surface area contributed by atoms with Crippen molar-refractivity contribution in [1.82, 2.24) is 4.98 Å². The molecule has 19 heavy (non-hydrogen) atoms. The van der Waals surface area contributed by atoms with Crippen LogP contribution in [0.2, 0.25) is 0 Å². The summed E-state index contributed by atoms with van der Waals surface area (Å²) in [7, 11) is 0. The first kappa shape index (κ1) is 14.0. The summed E-state index contributed by atoms with van der Waals surface area (Å²) in [6, 6.07) is 4.00. The van der Waals surface area contributed by atoms with Crippen LogP contribution in [0, 0.1) is 13.8 Å². The molecule has 0 unspecified atom stereocenters. The molecule has 1 aromatic heterocycles. The van der Waals surface area contributed by atoms with Crippen molar-refractivity contribution in [1.29, 1.82) is 0 Å². The number of aryl methyl sites for hydroxylation is 2. The lowest BCUT2D eigenvalue weighted by atomic mass is 10.1. The van der Waals surface area contributed by atoms with E-state index in [-0.39, 0.29) is 12.3 Å². The molecule has 0 aliphatic heterocycles. The van der Waals surface area contributed by atoms with E-state index in [0.29, 0.717) is 10.8 Å². The fraction of sp³-hybridized carbons (Fsp3) is 0.231. The van der Waals surface area contributed by atoms with Crippen LogP contribution < -0.4 is 11.1 Å².